The van der Waals surface area contributed by atoms with E-state index in [0.29, 0.717) is 10.8 Å². The van der Waals surface area contributed by atoms with E-state index in [0.717, 1.165) is 11.6 Å². The molecule has 0 unspecified atom stereocenters. The van der Waals surface area contributed by atoms with Gasteiger partial charge in [0.25, 0.3) is 5.91 Å². The molecule has 6 heteroatoms. The van der Waals surface area contributed by atoms with Gasteiger partial charge in [0.1, 0.15) is 11.6 Å². The maximum Gasteiger partial charge on any atom is 0.265 e. The van der Waals surface area contributed by atoms with E-state index in [1.54, 1.807) is 25.1 Å². The zero-order valence-electron chi connectivity index (χ0n) is 12.0. The van der Waals surface area contributed by atoms with Gasteiger partial charge >= 0.3 is 0 Å². The van der Waals surface area contributed by atoms with Crippen LogP contribution in [-0.4, -0.2) is 12.0 Å². The van der Waals surface area contributed by atoms with E-state index in [-0.39, 0.29) is 10.7 Å². The molecule has 0 aliphatic rings. The molecule has 116 valence electrons. The number of benzene rings is 2. The highest BCUT2D eigenvalue weighted by Gasteiger charge is 2.17. The van der Waals surface area contributed by atoms with Crippen LogP contribution in [0.15, 0.2) is 36.4 Å². The minimum atomic E-state index is -0.796. The van der Waals surface area contributed by atoms with E-state index >= 15 is 0 Å². The summed E-state index contributed by atoms with van der Waals surface area (Å²) in [7, 11) is 0. The monoisotopic (exact) mass is 341 g/mol. The predicted octanol–water partition coefficient (Wildman–Crippen LogP) is 4.85. The fourth-order valence-electron chi connectivity index (χ4n) is 1.81. The van der Waals surface area contributed by atoms with Gasteiger partial charge in [-0.3, -0.25) is 4.79 Å². The average Bonchev–Trinajstić information content (AvgIpc) is 2.44. The Morgan fingerprint density at radius 1 is 1.18 bits per heavy atom. The van der Waals surface area contributed by atoms with Gasteiger partial charge in [0.05, 0.1) is 5.69 Å². The van der Waals surface area contributed by atoms with Gasteiger partial charge in [-0.1, -0.05) is 23.2 Å². The Bertz CT molecular complexity index is 707. The average molecular weight is 342 g/mol. The first-order valence-electron chi connectivity index (χ1n) is 6.55. The molecule has 2 rings (SSSR count). The van der Waals surface area contributed by atoms with Crippen molar-refractivity contribution in [1.82, 2.24) is 0 Å². The highest BCUT2D eigenvalue weighted by atomic mass is 35.5. The zero-order valence-corrected chi connectivity index (χ0v) is 13.5. The number of amides is 1. The summed E-state index contributed by atoms with van der Waals surface area (Å²) in [5, 5.41) is 3.31. The molecule has 2 aromatic rings. The maximum atomic E-state index is 13.7. The molecule has 0 aromatic heterocycles. The lowest BCUT2D eigenvalue weighted by atomic mass is 10.2. The van der Waals surface area contributed by atoms with Crippen LogP contribution < -0.4 is 10.1 Å². The lowest BCUT2D eigenvalue weighted by Gasteiger charge is -2.16. The molecule has 0 saturated heterocycles. The molecular formula is C16H14Cl2FNO2. The number of hydrogen-bond acceptors (Lipinski definition) is 2. The number of carbonyl (C=O) groups excluding carboxylic acids is 1. The van der Waals surface area contributed by atoms with Crippen molar-refractivity contribution in [2.45, 2.75) is 20.0 Å². The number of rotatable bonds is 4. The first-order chi connectivity index (χ1) is 10.4. The van der Waals surface area contributed by atoms with E-state index in [1.807, 2.05) is 6.92 Å². The van der Waals surface area contributed by atoms with Gasteiger partial charge < -0.3 is 10.1 Å². The van der Waals surface area contributed by atoms with Crippen LogP contribution in [0.5, 0.6) is 5.75 Å². The van der Waals surface area contributed by atoms with Crippen molar-refractivity contribution in [1.29, 1.82) is 0 Å². The first-order valence-corrected chi connectivity index (χ1v) is 7.31. The Kier molecular flexibility index (Phi) is 5.27. The smallest absolute Gasteiger partial charge is 0.265 e. The van der Waals surface area contributed by atoms with Gasteiger partial charge in [0, 0.05) is 10.0 Å². The highest BCUT2D eigenvalue weighted by Crippen LogP contribution is 2.23. The third-order valence-electron chi connectivity index (χ3n) is 3.00. The summed E-state index contributed by atoms with van der Waals surface area (Å²) in [5.41, 5.74) is 0.863. The van der Waals surface area contributed by atoms with Gasteiger partial charge in [-0.05, 0) is 55.8 Å². The minimum Gasteiger partial charge on any atom is -0.481 e. The molecule has 0 aliphatic heterocycles. The lowest BCUT2D eigenvalue weighted by molar-refractivity contribution is -0.122. The Morgan fingerprint density at radius 2 is 1.82 bits per heavy atom. The summed E-state index contributed by atoms with van der Waals surface area (Å²) < 4.78 is 19.2. The number of nitrogens with one attached hydrogen (secondary N) is 1. The van der Waals surface area contributed by atoms with Gasteiger partial charge in [-0.25, -0.2) is 4.39 Å². The zero-order chi connectivity index (χ0) is 16.3. The second-order valence-electron chi connectivity index (χ2n) is 4.78. The Hall–Kier alpha value is -1.78. The summed E-state index contributed by atoms with van der Waals surface area (Å²) in [5.74, 6) is -0.519. The second kappa shape index (κ2) is 6.99. The Morgan fingerprint density at radius 3 is 2.45 bits per heavy atom. The van der Waals surface area contributed by atoms with Crippen molar-refractivity contribution in [3.8, 4) is 5.75 Å². The molecule has 2 aromatic carbocycles. The number of ether oxygens (including phenoxy) is 1. The summed E-state index contributed by atoms with van der Waals surface area (Å²) in [4.78, 5) is 12.1. The van der Waals surface area contributed by atoms with Crippen LogP contribution in [0, 0.1) is 12.7 Å². The van der Waals surface area contributed by atoms with Crippen molar-refractivity contribution in [2.24, 2.45) is 0 Å². The lowest BCUT2D eigenvalue weighted by Crippen LogP contribution is -2.30. The molecule has 0 fully saturated rings. The summed E-state index contributed by atoms with van der Waals surface area (Å²) in [6.45, 7) is 3.40. The summed E-state index contributed by atoms with van der Waals surface area (Å²) in [6, 6.07) is 9.12. The molecule has 0 saturated carbocycles. The fraction of sp³-hybridized carbons (Fsp3) is 0.188. The number of anilines is 1. The Labute approximate surface area is 138 Å². The van der Waals surface area contributed by atoms with Crippen molar-refractivity contribution < 1.29 is 13.9 Å². The molecule has 1 N–H and O–H groups in total. The standard InChI is InChI=1S/C16H14Cl2FNO2/c1-9-7-11(17)4-6-15(9)22-10(2)16(21)20-14-5-3-12(18)8-13(14)19/h3-8,10H,1-2H3,(H,20,21)/t10-/m1/s1. The second-order valence-corrected chi connectivity index (χ2v) is 5.66. The number of halogens is 3. The van der Waals surface area contributed by atoms with Gasteiger partial charge in [-0.15, -0.1) is 0 Å². The molecule has 0 heterocycles. The van der Waals surface area contributed by atoms with Gasteiger partial charge in [-0.2, -0.15) is 0 Å². The van der Waals surface area contributed by atoms with E-state index in [2.05, 4.69) is 5.32 Å². The van der Waals surface area contributed by atoms with Crippen LogP contribution in [0.1, 0.15) is 12.5 Å². The van der Waals surface area contributed by atoms with Crippen molar-refractivity contribution in [3.63, 3.8) is 0 Å². The summed E-state index contributed by atoms with van der Waals surface area (Å²) >= 11 is 11.5. The van der Waals surface area contributed by atoms with Gasteiger partial charge in [0.15, 0.2) is 6.10 Å². The maximum absolute atomic E-state index is 13.7. The molecular weight excluding hydrogens is 328 g/mol. The molecule has 0 aliphatic carbocycles. The molecule has 0 spiro atoms. The number of hydrogen-bond donors (Lipinski definition) is 1. The van der Waals surface area contributed by atoms with E-state index < -0.39 is 17.8 Å². The molecule has 1 atom stereocenters. The van der Waals surface area contributed by atoms with Crippen molar-refractivity contribution in [3.05, 3.63) is 57.8 Å². The predicted molar refractivity (Wildman–Crippen MR) is 86.3 cm³/mol. The minimum absolute atomic E-state index is 0.0534. The Balaban J connectivity index is 2.05. The van der Waals surface area contributed by atoms with Crippen LogP contribution in [0.25, 0.3) is 0 Å². The SMILES string of the molecule is Cc1cc(Cl)ccc1O[C@H](C)C(=O)Nc1ccc(Cl)cc1F. The van der Waals surface area contributed by atoms with Gasteiger partial charge in [0.2, 0.25) is 0 Å². The number of aryl methyl sites for hydroxylation is 1. The van der Waals surface area contributed by atoms with Crippen LogP contribution in [0.4, 0.5) is 10.1 Å². The topological polar surface area (TPSA) is 38.3 Å². The van der Waals surface area contributed by atoms with Crippen LogP contribution in [-0.2, 0) is 4.79 Å². The summed E-state index contributed by atoms with van der Waals surface area (Å²) in [6.07, 6.45) is -0.796. The van der Waals surface area contributed by atoms with Crippen LogP contribution in [0.2, 0.25) is 10.0 Å². The van der Waals surface area contributed by atoms with E-state index in [4.69, 9.17) is 27.9 Å². The quantitative estimate of drug-likeness (QED) is 0.863. The molecule has 22 heavy (non-hydrogen) atoms. The third kappa shape index (κ3) is 4.12. The first kappa shape index (κ1) is 16.6. The highest BCUT2D eigenvalue weighted by molar-refractivity contribution is 6.31. The number of carbonyl (C=O) groups is 1. The molecule has 3 nitrogen and oxygen atoms in total. The molecule has 1 amide bonds. The molecule has 0 bridgehead atoms. The van der Waals surface area contributed by atoms with Crippen molar-refractivity contribution in [2.75, 3.05) is 5.32 Å². The van der Waals surface area contributed by atoms with Crippen LogP contribution in [0.3, 0.4) is 0 Å². The largest absolute Gasteiger partial charge is 0.481 e. The third-order valence-corrected chi connectivity index (χ3v) is 3.47. The molecule has 0 radical (unpaired) electrons. The normalized spacial score (nSPS) is 11.9. The van der Waals surface area contributed by atoms with Crippen LogP contribution >= 0.6 is 23.2 Å². The van der Waals surface area contributed by atoms with E-state index in [1.165, 1.54) is 12.1 Å². The fourth-order valence-corrected chi connectivity index (χ4v) is 2.20. The van der Waals surface area contributed by atoms with Crippen molar-refractivity contribution >= 4 is 34.8 Å². The van der Waals surface area contributed by atoms with E-state index in [9.17, 15) is 9.18 Å².